The van der Waals surface area contributed by atoms with Gasteiger partial charge in [-0.05, 0) is 110 Å². The molecule has 4 aliphatic heterocycles. The summed E-state index contributed by atoms with van der Waals surface area (Å²) in [5, 5.41) is 6.84. The first-order valence-electron chi connectivity index (χ1n) is 23.8. The Bertz CT molecular complexity index is 3230. The zero-order chi connectivity index (χ0) is 50.3. The van der Waals surface area contributed by atoms with Gasteiger partial charge in [-0.15, -0.1) is 0 Å². The maximum atomic E-state index is 15.9. The van der Waals surface area contributed by atoms with Gasteiger partial charge >= 0.3 is 0 Å². The van der Waals surface area contributed by atoms with Crippen molar-refractivity contribution in [2.45, 2.75) is 109 Å². The first-order chi connectivity index (χ1) is 33.8. The minimum atomic E-state index is -1.59. The molecule has 10 rings (SSSR count). The lowest BCUT2D eigenvalue weighted by Gasteiger charge is -2.44. The molecule has 3 aromatic heterocycles. The van der Waals surface area contributed by atoms with Crippen LogP contribution in [0.4, 0.5) is 0 Å². The number of halogens is 4. The number of fused-ring (bicyclic) bond motifs is 6. The fourth-order valence-corrected chi connectivity index (χ4v) is 13.6. The van der Waals surface area contributed by atoms with Crippen molar-refractivity contribution in [3.63, 3.8) is 0 Å². The fourth-order valence-electron chi connectivity index (χ4n) is 10.4. The van der Waals surface area contributed by atoms with Crippen LogP contribution in [-0.4, -0.2) is 105 Å². The molecule has 2 N–H and O–H groups in total. The molecule has 1 spiro atoms. The number of nitrogens with one attached hydrogen (secondary N) is 2. The second-order valence-corrected chi connectivity index (χ2v) is 35.7. The number of benzene rings is 2. The summed E-state index contributed by atoms with van der Waals surface area (Å²) in [6, 6.07) is 20.5. The quantitative estimate of drug-likeness (QED) is 0.0854. The van der Waals surface area contributed by atoms with Gasteiger partial charge in [0.2, 0.25) is 11.6 Å². The van der Waals surface area contributed by atoms with Crippen LogP contribution in [0, 0.1) is 5.92 Å². The third kappa shape index (κ3) is 9.09. The molecule has 16 nitrogen and oxygen atoms in total. The molecule has 1 aliphatic carbocycles. The minimum Gasteiger partial charge on any atom is -0.361 e. The van der Waals surface area contributed by atoms with Crippen molar-refractivity contribution >= 4 is 109 Å². The number of hydrogen-bond donors (Lipinski definition) is 2. The van der Waals surface area contributed by atoms with Crippen LogP contribution in [-0.2, 0) is 53.9 Å². The van der Waals surface area contributed by atoms with Crippen molar-refractivity contribution in [1.82, 2.24) is 38.9 Å². The van der Waals surface area contributed by atoms with E-state index in [2.05, 4.69) is 113 Å². The Kier molecular flexibility index (Phi) is 13.7. The normalized spacial score (nSPS) is 21.0. The van der Waals surface area contributed by atoms with Crippen LogP contribution >= 0.6 is 63.7 Å². The summed E-state index contributed by atoms with van der Waals surface area (Å²) in [6.45, 7) is 16.1. The van der Waals surface area contributed by atoms with E-state index in [1.54, 1.807) is 40.8 Å². The number of hydrazine groups is 1. The zero-order valence-electron chi connectivity index (χ0n) is 40.5. The van der Waals surface area contributed by atoms with Gasteiger partial charge in [-0.1, -0.05) is 87.8 Å². The second kappa shape index (κ2) is 19.3. The smallest absolute Gasteiger partial charge is 0.289 e. The predicted octanol–water partition coefficient (Wildman–Crippen LogP) is 7.63. The monoisotopic (exact) mass is 1250 g/mol. The molecule has 3 amide bonds. The number of aliphatic imine (C=N–C) groups is 1. The summed E-state index contributed by atoms with van der Waals surface area (Å²) >= 11 is 14.7. The highest BCUT2D eigenvalue weighted by Crippen LogP contribution is 2.58. The van der Waals surface area contributed by atoms with E-state index in [1.165, 1.54) is 0 Å². The topological polar surface area (TPSA) is 164 Å². The second-order valence-electron chi connectivity index (χ2n) is 21.3. The van der Waals surface area contributed by atoms with Gasteiger partial charge in [0.05, 0.1) is 41.2 Å². The minimum absolute atomic E-state index is 0.0281. The van der Waals surface area contributed by atoms with E-state index in [9.17, 15) is 4.79 Å². The lowest BCUT2D eigenvalue weighted by molar-refractivity contribution is -0.131. The number of carbonyl (C=O) groups excluding carboxylic acids is 3. The van der Waals surface area contributed by atoms with Crippen LogP contribution in [0.25, 0.3) is 5.57 Å². The third-order valence-electron chi connectivity index (χ3n) is 14.2. The molecule has 2 aromatic carbocycles. The van der Waals surface area contributed by atoms with Gasteiger partial charge in [0.15, 0.2) is 5.54 Å². The zero-order valence-corrected chi connectivity index (χ0v) is 48.8. The molecule has 5 aliphatic rings. The number of rotatable bonds is 14. The van der Waals surface area contributed by atoms with Crippen molar-refractivity contribution < 1.29 is 23.9 Å². The first-order valence-corrected chi connectivity index (χ1v) is 34.4. The molecule has 2 bridgehead atoms. The molecular formula is C49H56Br4N10O6Si2. The Hall–Kier alpha value is -4.17. The van der Waals surface area contributed by atoms with Gasteiger partial charge in [-0.25, -0.2) is 20.0 Å². The Morgan fingerprint density at radius 3 is 1.93 bits per heavy atom. The van der Waals surface area contributed by atoms with Gasteiger partial charge in [0, 0.05) is 53.8 Å². The van der Waals surface area contributed by atoms with E-state index in [0.717, 1.165) is 34.3 Å². The van der Waals surface area contributed by atoms with Crippen molar-refractivity contribution in [2.75, 3.05) is 19.8 Å². The lowest BCUT2D eigenvalue weighted by Crippen LogP contribution is -2.62. The molecule has 0 unspecified atom stereocenters. The fraction of sp³-hybridized carbons (Fsp3) is 0.429. The van der Waals surface area contributed by atoms with Crippen molar-refractivity contribution in [2.24, 2.45) is 15.9 Å². The molecule has 5 aromatic rings. The standard InChI is InChI=1S/C49H56Br4N10O6Si2/c1-70(2,3)17-15-68-27-60-36(19-34(50)41(60)52)43(64)54-24-33-38-21-49(39(33)40-45(66)58-25-31-13-9-7-11-29(31)22-55-47(58)57-40)46(67)59-26-32-14-10-8-12-30(32)23-56-48(59)63(49)62(38)44(65)37-20-35(51)42(53)61(37)28-69-16-18-71(4,5)6/h7-14,19-20,33,38H,15-18,21-28H2,1-6H3,(H,54,64)(H,55,57)/b40-39+/t33-,38-,49+/m1/s1. The summed E-state index contributed by atoms with van der Waals surface area (Å²) in [5.41, 5.74) is 3.48. The van der Waals surface area contributed by atoms with Crippen LogP contribution in [0.15, 0.2) is 93.6 Å². The number of carbonyl (C=O) groups is 3. The maximum Gasteiger partial charge on any atom is 0.289 e. The molecule has 2 saturated heterocycles. The molecular weight excluding hydrogens is 1200 g/mol. The molecule has 22 heteroatoms. The number of ether oxygens (including phenoxy) is 2. The van der Waals surface area contributed by atoms with E-state index in [-0.39, 0.29) is 62.9 Å². The summed E-state index contributed by atoms with van der Waals surface area (Å²) in [5.74, 6) is -1.52. The summed E-state index contributed by atoms with van der Waals surface area (Å²) < 4.78 is 20.2. The Morgan fingerprint density at radius 1 is 0.775 bits per heavy atom. The third-order valence-corrected chi connectivity index (χ3v) is 21.6. The highest BCUT2D eigenvalue weighted by atomic mass is 79.9. The number of aromatic nitrogens is 4. The molecule has 0 radical (unpaired) electrons. The first kappa shape index (κ1) is 50.4. The van der Waals surface area contributed by atoms with E-state index < -0.39 is 45.5 Å². The molecule has 3 fully saturated rings. The van der Waals surface area contributed by atoms with E-state index >= 15 is 14.4 Å². The summed E-state index contributed by atoms with van der Waals surface area (Å²) in [7, 11) is -2.80. The molecule has 1 saturated carbocycles. The molecule has 71 heavy (non-hydrogen) atoms. The number of H-pyrrole nitrogens is 1. The Labute approximate surface area is 447 Å². The number of amides is 3. The van der Waals surface area contributed by atoms with Crippen LogP contribution in [0.5, 0.6) is 0 Å². The molecule has 7 heterocycles. The number of nitrogens with zero attached hydrogens (tertiary/aromatic N) is 8. The number of aromatic amines is 1. The number of imidazole rings is 1. The average Bonchev–Trinajstić information content (AvgIpc) is 4.06. The van der Waals surface area contributed by atoms with Crippen molar-refractivity contribution in [3.8, 4) is 0 Å². The average molecular weight is 1260 g/mol. The Morgan fingerprint density at radius 2 is 1.32 bits per heavy atom. The van der Waals surface area contributed by atoms with Crippen LogP contribution in [0.1, 0.15) is 49.7 Å². The summed E-state index contributed by atoms with van der Waals surface area (Å²) in [6.07, 6.45) is 0.131. The predicted molar refractivity (Wildman–Crippen MR) is 289 cm³/mol. The van der Waals surface area contributed by atoms with Gasteiger partial charge < -0.3 is 28.9 Å². The van der Waals surface area contributed by atoms with E-state index in [1.807, 2.05) is 48.5 Å². The van der Waals surface area contributed by atoms with Crippen LogP contribution in [0.3, 0.4) is 0 Å². The molecule has 3 atom stereocenters. The largest absolute Gasteiger partial charge is 0.361 e. The molecule has 374 valence electrons. The van der Waals surface area contributed by atoms with Gasteiger partial charge in [0.25, 0.3) is 23.3 Å². The van der Waals surface area contributed by atoms with Gasteiger partial charge in [-0.2, -0.15) is 0 Å². The maximum absolute atomic E-state index is 15.9. The van der Waals surface area contributed by atoms with Crippen LogP contribution in [0.2, 0.25) is 51.4 Å². The number of hydrogen-bond acceptors (Lipinski definition) is 9. The Balaban J connectivity index is 1.11. The highest BCUT2D eigenvalue weighted by Gasteiger charge is 2.74. The SMILES string of the molecule is C[Si](C)(C)CCOCn1c(C(=O)NC[C@H]2/C(=c3\[nH]c4n(c3=O)Cc3ccccc3CN=4)[C@]34C[C@H]2N(C(=O)c2cc(Br)c(Br)n2COCC[Si](C)(C)C)N3C2=NCc3ccccc3CN2C4=O)cc(Br)c1Br. The summed E-state index contributed by atoms with van der Waals surface area (Å²) in [4.78, 5) is 76.7. The highest BCUT2D eigenvalue weighted by molar-refractivity contribution is 9.13. The lowest BCUT2D eigenvalue weighted by atomic mass is 9.86. The van der Waals surface area contributed by atoms with Crippen molar-refractivity contribution in [1.29, 1.82) is 0 Å². The van der Waals surface area contributed by atoms with Gasteiger partial charge in [-0.3, -0.25) is 28.6 Å². The number of guanidine groups is 1. The van der Waals surface area contributed by atoms with Gasteiger partial charge in [0.1, 0.15) is 39.4 Å². The van der Waals surface area contributed by atoms with Crippen molar-refractivity contribution in [3.05, 3.63) is 134 Å². The van der Waals surface area contributed by atoms with E-state index in [0.29, 0.717) is 66.4 Å². The van der Waals surface area contributed by atoms with E-state index in [4.69, 9.17) is 19.5 Å². The van der Waals surface area contributed by atoms with Crippen LogP contribution < -0.4 is 21.8 Å².